The van der Waals surface area contributed by atoms with E-state index >= 15 is 0 Å². The van der Waals surface area contributed by atoms with Crippen molar-refractivity contribution in [3.05, 3.63) is 53.7 Å². The number of nitrogens with zero attached hydrogens (tertiary/aromatic N) is 1. The van der Waals surface area contributed by atoms with Gasteiger partial charge in [0.15, 0.2) is 11.5 Å². The Labute approximate surface area is 176 Å². The summed E-state index contributed by atoms with van der Waals surface area (Å²) in [4.78, 5) is 12.8. The minimum absolute atomic E-state index is 0.111. The number of benzene rings is 2. The fraction of sp³-hybridized carbons (Fsp3) is 0.304. The van der Waals surface area contributed by atoms with Gasteiger partial charge in [-0.2, -0.15) is 5.10 Å². The first kappa shape index (κ1) is 21.2. The second-order valence-corrected chi connectivity index (χ2v) is 6.82. The fourth-order valence-corrected chi connectivity index (χ4v) is 3.25. The van der Waals surface area contributed by atoms with Crippen molar-refractivity contribution >= 4 is 11.6 Å². The number of amides is 1. The third-order valence-corrected chi connectivity index (χ3v) is 4.79. The van der Waals surface area contributed by atoms with Crippen LogP contribution < -0.4 is 19.5 Å². The second-order valence-electron chi connectivity index (χ2n) is 6.82. The van der Waals surface area contributed by atoms with E-state index in [9.17, 15) is 4.79 Å². The molecule has 1 amide bonds. The van der Waals surface area contributed by atoms with E-state index in [4.69, 9.17) is 14.2 Å². The van der Waals surface area contributed by atoms with Gasteiger partial charge in [-0.15, -0.1) is 0 Å². The molecule has 0 fully saturated rings. The molecule has 1 heterocycles. The monoisotopic (exact) mass is 409 g/mol. The van der Waals surface area contributed by atoms with Crippen molar-refractivity contribution in [2.75, 3.05) is 26.6 Å². The standard InChI is InChI=1S/C23H27N3O4/c1-5-6-18-23(24-21(27)13-15-7-10-17(28-2)11-8-15)22(26-25-18)16-9-12-19(29-3)20(14-16)30-4/h7-12,14H,5-6,13H2,1-4H3,(H,24,27)(H,25,26). The van der Waals surface area contributed by atoms with Gasteiger partial charge in [-0.25, -0.2) is 0 Å². The third kappa shape index (κ3) is 4.74. The first-order valence-electron chi connectivity index (χ1n) is 9.82. The fourth-order valence-electron chi connectivity index (χ4n) is 3.25. The SMILES string of the molecule is CCCc1[nH]nc(-c2ccc(OC)c(OC)c2)c1NC(=O)Cc1ccc(OC)cc1. The number of anilines is 1. The predicted molar refractivity (Wildman–Crippen MR) is 116 cm³/mol. The molecule has 7 nitrogen and oxygen atoms in total. The van der Waals surface area contributed by atoms with Crippen LogP contribution in [0.5, 0.6) is 17.2 Å². The number of carbonyl (C=O) groups excluding carboxylic acids is 1. The first-order valence-corrected chi connectivity index (χ1v) is 9.82. The molecular formula is C23H27N3O4. The van der Waals surface area contributed by atoms with Crippen LogP contribution in [0.2, 0.25) is 0 Å². The number of aromatic amines is 1. The number of methoxy groups -OCH3 is 3. The number of aryl methyl sites for hydroxylation is 1. The topological polar surface area (TPSA) is 85.5 Å². The van der Waals surface area contributed by atoms with Crippen molar-refractivity contribution in [3.8, 4) is 28.5 Å². The van der Waals surface area contributed by atoms with Crippen molar-refractivity contribution in [3.63, 3.8) is 0 Å². The van der Waals surface area contributed by atoms with E-state index in [1.165, 1.54) is 0 Å². The molecule has 0 radical (unpaired) electrons. The van der Waals surface area contributed by atoms with Crippen LogP contribution in [0.4, 0.5) is 5.69 Å². The molecule has 0 spiro atoms. The Balaban J connectivity index is 1.87. The lowest BCUT2D eigenvalue weighted by Gasteiger charge is -2.11. The minimum Gasteiger partial charge on any atom is -0.497 e. The van der Waals surface area contributed by atoms with Crippen LogP contribution in [0.15, 0.2) is 42.5 Å². The maximum atomic E-state index is 12.8. The van der Waals surface area contributed by atoms with Crippen molar-refractivity contribution in [1.82, 2.24) is 10.2 Å². The van der Waals surface area contributed by atoms with Crippen molar-refractivity contribution < 1.29 is 19.0 Å². The molecule has 2 N–H and O–H groups in total. The summed E-state index contributed by atoms with van der Waals surface area (Å²) in [6, 6.07) is 13.0. The zero-order chi connectivity index (χ0) is 21.5. The van der Waals surface area contributed by atoms with E-state index in [-0.39, 0.29) is 12.3 Å². The van der Waals surface area contributed by atoms with E-state index in [2.05, 4.69) is 22.4 Å². The summed E-state index contributed by atoms with van der Waals surface area (Å²) in [7, 11) is 4.80. The molecule has 158 valence electrons. The Morgan fingerprint density at radius 3 is 2.37 bits per heavy atom. The van der Waals surface area contributed by atoms with Gasteiger partial charge in [0.1, 0.15) is 11.4 Å². The van der Waals surface area contributed by atoms with Crippen LogP contribution in [0.25, 0.3) is 11.3 Å². The van der Waals surface area contributed by atoms with Gasteiger partial charge in [0.25, 0.3) is 0 Å². The van der Waals surface area contributed by atoms with Crippen LogP contribution in [0.1, 0.15) is 24.6 Å². The lowest BCUT2D eigenvalue weighted by Crippen LogP contribution is -2.15. The van der Waals surface area contributed by atoms with Gasteiger partial charge in [0.2, 0.25) is 5.91 Å². The summed E-state index contributed by atoms with van der Waals surface area (Å²) < 4.78 is 15.9. The van der Waals surface area contributed by atoms with E-state index in [1.807, 2.05) is 42.5 Å². The van der Waals surface area contributed by atoms with E-state index in [1.54, 1.807) is 21.3 Å². The Morgan fingerprint density at radius 1 is 1.00 bits per heavy atom. The summed E-state index contributed by atoms with van der Waals surface area (Å²) in [5.41, 5.74) is 3.99. The van der Waals surface area contributed by atoms with E-state index in [0.717, 1.165) is 35.4 Å². The van der Waals surface area contributed by atoms with Gasteiger partial charge < -0.3 is 19.5 Å². The number of hydrogen-bond acceptors (Lipinski definition) is 5. The molecule has 2 aromatic carbocycles. The highest BCUT2D eigenvalue weighted by molar-refractivity contribution is 5.96. The summed E-state index contributed by atoms with van der Waals surface area (Å²) in [6.45, 7) is 2.08. The molecule has 0 aliphatic rings. The first-order chi connectivity index (χ1) is 14.6. The molecule has 3 aromatic rings. The molecule has 0 aliphatic carbocycles. The smallest absolute Gasteiger partial charge is 0.228 e. The molecule has 0 bridgehead atoms. The summed E-state index contributed by atoms with van der Waals surface area (Å²) in [5.74, 6) is 1.89. The number of carbonyl (C=O) groups is 1. The van der Waals surface area contributed by atoms with Crippen LogP contribution in [0.3, 0.4) is 0 Å². The van der Waals surface area contributed by atoms with Gasteiger partial charge >= 0.3 is 0 Å². The molecule has 3 rings (SSSR count). The van der Waals surface area contributed by atoms with Crippen molar-refractivity contribution in [2.45, 2.75) is 26.2 Å². The molecule has 0 aliphatic heterocycles. The minimum atomic E-state index is -0.111. The van der Waals surface area contributed by atoms with Crippen molar-refractivity contribution in [1.29, 1.82) is 0 Å². The number of aromatic nitrogens is 2. The maximum absolute atomic E-state index is 12.8. The van der Waals surface area contributed by atoms with Gasteiger partial charge in [0.05, 0.1) is 39.1 Å². The maximum Gasteiger partial charge on any atom is 0.228 e. The normalized spacial score (nSPS) is 10.5. The lowest BCUT2D eigenvalue weighted by molar-refractivity contribution is -0.115. The highest BCUT2D eigenvalue weighted by Crippen LogP contribution is 2.36. The van der Waals surface area contributed by atoms with Gasteiger partial charge in [-0.05, 0) is 42.3 Å². The number of nitrogens with one attached hydrogen (secondary N) is 2. The Morgan fingerprint density at radius 2 is 1.73 bits per heavy atom. The average Bonchev–Trinajstić information content (AvgIpc) is 3.16. The Hall–Kier alpha value is -3.48. The largest absolute Gasteiger partial charge is 0.497 e. The highest BCUT2D eigenvalue weighted by atomic mass is 16.5. The molecule has 30 heavy (non-hydrogen) atoms. The third-order valence-electron chi connectivity index (χ3n) is 4.79. The number of ether oxygens (including phenoxy) is 3. The van der Waals surface area contributed by atoms with Crippen LogP contribution >= 0.6 is 0 Å². The Bertz CT molecular complexity index is 996. The average molecular weight is 409 g/mol. The van der Waals surface area contributed by atoms with Crippen molar-refractivity contribution in [2.24, 2.45) is 0 Å². The predicted octanol–water partition coefficient (Wildman–Crippen LogP) is 4.24. The van der Waals surface area contributed by atoms with Gasteiger partial charge in [-0.3, -0.25) is 9.89 Å². The van der Waals surface area contributed by atoms with Crippen LogP contribution in [0, 0.1) is 0 Å². The summed E-state index contributed by atoms with van der Waals surface area (Å²) in [6.07, 6.45) is 1.96. The van der Waals surface area contributed by atoms with Crippen LogP contribution in [-0.4, -0.2) is 37.4 Å². The molecule has 0 saturated heterocycles. The lowest BCUT2D eigenvalue weighted by atomic mass is 10.1. The number of hydrogen-bond donors (Lipinski definition) is 2. The summed E-state index contributed by atoms with van der Waals surface area (Å²) >= 11 is 0. The Kier molecular flexibility index (Phi) is 6.95. The number of rotatable bonds is 9. The molecular weight excluding hydrogens is 382 g/mol. The molecule has 7 heteroatoms. The molecule has 0 atom stereocenters. The zero-order valence-electron chi connectivity index (χ0n) is 17.7. The zero-order valence-corrected chi connectivity index (χ0v) is 17.7. The van der Waals surface area contributed by atoms with Crippen LogP contribution in [-0.2, 0) is 17.6 Å². The molecule has 0 saturated carbocycles. The highest BCUT2D eigenvalue weighted by Gasteiger charge is 2.18. The number of H-pyrrole nitrogens is 1. The molecule has 0 unspecified atom stereocenters. The molecule has 1 aromatic heterocycles. The second kappa shape index (κ2) is 9.82. The summed E-state index contributed by atoms with van der Waals surface area (Å²) in [5, 5.41) is 10.6. The van der Waals surface area contributed by atoms with E-state index in [0.29, 0.717) is 22.9 Å². The quantitative estimate of drug-likeness (QED) is 0.552. The van der Waals surface area contributed by atoms with E-state index < -0.39 is 0 Å². The van der Waals surface area contributed by atoms with Gasteiger partial charge in [-0.1, -0.05) is 25.5 Å². The van der Waals surface area contributed by atoms with Gasteiger partial charge in [0, 0.05) is 5.56 Å².